The standard InChI is InChI=1S/C21H22N8O.2C2HF3O2/c1-13-11-28(12-14(2)24-13)21-23-10-18(25-26-21)16-4-3-15(9-19(16)30)17-5-6-20-22-7-8-29(20)27-17;2*3-2(4,5)1(6)7/h3-10,13-14,24,30H,11-12H2,1-2H3;2*(H,6,7)/t13-,14+;;. The summed E-state index contributed by atoms with van der Waals surface area (Å²) in [5.74, 6) is -4.80. The molecule has 0 saturated carbocycles. The molecule has 1 aliphatic heterocycles. The van der Waals surface area contributed by atoms with Crippen LogP contribution in [0.15, 0.2) is 48.9 Å². The summed E-state index contributed by atoms with van der Waals surface area (Å²) in [5.41, 5.74) is 3.42. The molecule has 13 nitrogen and oxygen atoms in total. The molecule has 0 bridgehead atoms. The lowest BCUT2D eigenvalue weighted by Gasteiger charge is -2.35. The van der Waals surface area contributed by atoms with E-state index in [4.69, 9.17) is 19.8 Å². The van der Waals surface area contributed by atoms with Gasteiger partial charge in [0.1, 0.15) is 11.4 Å². The van der Waals surface area contributed by atoms with Crippen LogP contribution in [0, 0.1) is 0 Å². The Hall–Kier alpha value is -5.07. The van der Waals surface area contributed by atoms with E-state index in [-0.39, 0.29) is 5.75 Å². The van der Waals surface area contributed by atoms with Crippen molar-refractivity contribution in [1.29, 1.82) is 0 Å². The number of benzene rings is 1. The first-order chi connectivity index (χ1) is 20.5. The topological polar surface area (TPSA) is 179 Å². The maximum absolute atomic E-state index is 10.6. The number of hydrogen-bond acceptors (Lipinski definition) is 10. The first kappa shape index (κ1) is 33.4. The molecule has 0 amide bonds. The SMILES string of the molecule is C[C@@H]1CN(c2ncc(-c3ccc(-c4ccc5nccn5n4)cc3O)nn2)C[C@H](C)N1.O=C(O)C(F)(F)F.O=C(O)C(F)(F)F. The van der Waals surface area contributed by atoms with Gasteiger partial charge in [-0.15, -0.1) is 10.2 Å². The van der Waals surface area contributed by atoms with Crippen molar-refractivity contribution >= 4 is 23.5 Å². The number of phenols is 1. The number of nitrogens with zero attached hydrogens (tertiary/aromatic N) is 7. The predicted molar refractivity (Wildman–Crippen MR) is 141 cm³/mol. The number of halogens is 6. The van der Waals surface area contributed by atoms with Gasteiger partial charge in [-0.3, -0.25) is 0 Å². The number of hydrogen-bond donors (Lipinski definition) is 4. The smallest absolute Gasteiger partial charge is 0.490 e. The largest absolute Gasteiger partial charge is 0.507 e. The van der Waals surface area contributed by atoms with Gasteiger partial charge in [0.05, 0.1) is 11.9 Å². The van der Waals surface area contributed by atoms with Crippen molar-refractivity contribution in [2.75, 3.05) is 18.0 Å². The molecule has 2 atom stereocenters. The van der Waals surface area contributed by atoms with E-state index in [1.165, 1.54) is 0 Å². The normalized spacial score (nSPS) is 16.8. The molecular formula is C25H24F6N8O5. The maximum Gasteiger partial charge on any atom is 0.490 e. The molecule has 1 fully saturated rings. The molecule has 19 heteroatoms. The highest BCUT2D eigenvalue weighted by Crippen LogP contribution is 2.31. The number of nitrogens with one attached hydrogen (secondary N) is 1. The fourth-order valence-electron chi connectivity index (χ4n) is 3.90. The van der Waals surface area contributed by atoms with Gasteiger partial charge in [0.2, 0.25) is 5.95 Å². The van der Waals surface area contributed by atoms with Crippen molar-refractivity contribution in [2.45, 2.75) is 38.3 Å². The van der Waals surface area contributed by atoms with Gasteiger partial charge in [-0.1, -0.05) is 6.07 Å². The Morgan fingerprint density at radius 1 is 0.886 bits per heavy atom. The summed E-state index contributed by atoms with van der Waals surface area (Å²) in [6.45, 7) is 5.95. The van der Waals surface area contributed by atoms with Crippen molar-refractivity contribution in [3.63, 3.8) is 0 Å². The van der Waals surface area contributed by atoms with E-state index in [0.29, 0.717) is 29.3 Å². The molecule has 0 unspecified atom stereocenters. The van der Waals surface area contributed by atoms with Crippen LogP contribution in [0.5, 0.6) is 5.75 Å². The van der Waals surface area contributed by atoms with Crippen LogP contribution in [-0.4, -0.2) is 94.6 Å². The number of alkyl halides is 6. The van der Waals surface area contributed by atoms with Crippen LogP contribution in [-0.2, 0) is 9.59 Å². The van der Waals surface area contributed by atoms with Crippen molar-refractivity contribution in [3.8, 4) is 28.3 Å². The molecule has 3 aromatic heterocycles. The van der Waals surface area contributed by atoms with Gasteiger partial charge in [-0.25, -0.2) is 24.1 Å². The molecule has 5 rings (SSSR count). The van der Waals surface area contributed by atoms with Crippen LogP contribution in [0.25, 0.3) is 28.2 Å². The second kappa shape index (κ2) is 13.5. The number of carboxylic acid groups (broad SMARTS) is 2. The maximum atomic E-state index is 10.6. The first-order valence-corrected chi connectivity index (χ1v) is 12.4. The van der Waals surface area contributed by atoms with Crippen molar-refractivity contribution in [2.24, 2.45) is 0 Å². The molecule has 4 heterocycles. The molecule has 0 radical (unpaired) electrons. The molecule has 4 N–H and O–H groups in total. The lowest BCUT2D eigenvalue weighted by atomic mass is 10.1. The van der Waals surface area contributed by atoms with Crippen LogP contribution in [0.2, 0.25) is 0 Å². The van der Waals surface area contributed by atoms with Crippen molar-refractivity contribution in [3.05, 3.63) is 48.9 Å². The van der Waals surface area contributed by atoms with Crippen LogP contribution >= 0.6 is 0 Å². The zero-order valence-corrected chi connectivity index (χ0v) is 22.7. The number of anilines is 1. The summed E-state index contributed by atoms with van der Waals surface area (Å²) in [5, 5.41) is 41.5. The molecule has 1 saturated heterocycles. The molecule has 1 aromatic carbocycles. The number of rotatable bonds is 3. The highest BCUT2D eigenvalue weighted by molar-refractivity contribution is 5.74. The van der Waals surface area contributed by atoms with Gasteiger partial charge in [-0.2, -0.15) is 31.4 Å². The second-order valence-corrected chi connectivity index (χ2v) is 9.30. The third-order valence-electron chi connectivity index (χ3n) is 5.70. The van der Waals surface area contributed by atoms with E-state index in [9.17, 15) is 31.4 Å². The third-order valence-corrected chi connectivity index (χ3v) is 5.70. The lowest BCUT2D eigenvalue weighted by molar-refractivity contribution is -0.193. The van der Waals surface area contributed by atoms with Gasteiger partial charge >= 0.3 is 24.3 Å². The van der Waals surface area contributed by atoms with Gasteiger partial charge in [0.25, 0.3) is 0 Å². The van der Waals surface area contributed by atoms with Gasteiger partial charge < -0.3 is 25.5 Å². The lowest BCUT2D eigenvalue weighted by Crippen LogP contribution is -2.54. The van der Waals surface area contributed by atoms with Gasteiger partial charge in [-0.05, 0) is 38.1 Å². The van der Waals surface area contributed by atoms with Gasteiger partial charge in [0.15, 0.2) is 5.65 Å². The van der Waals surface area contributed by atoms with Crippen molar-refractivity contribution in [1.82, 2.24) is 35.1 Å². The highest BCUT2D eigenvalue weighted by Gasteiger charge is 2.38. The number of carbonyl (C=O) groups is 2. The Kier molecular flexibility index (Phi) is 10.2. The number of aliphatic carboxylic acids is 2. The highest BCUT2D eigenvalue weighted by atomic mass is 19.4. The van der Waals surface area contributed by atoms with Crippen LogP contribution < -0.4 is 10.2 Å². The summed E-state index contributed by atoms with van der Waals surface area (Å²) < 4.78 is 65.2. The quantitative estimate of drug-likeness (QED) is 0.243. The Morgan fingerprint density at radius 2 is 1.48 bits per heavy atom. The van der Waals surface area contributed by atoms with Crippen LogP contribution in [0.4, 0.5) is 32.3 Å². The van der Waals surface area contributed by atoms with Crippen molar-refractivity contribution < 1.29 is 51.3 Å². The zero-order chi connectivity index (χ0) is 32.8. The molecule has 236 valence electrons. The Balaban J connectivity index is 0.000000317. The number of aromatic nitrogens is 6. The summed E-state index contributed by atoms with van der Waals surface area (Å²) in [7, 11) is 0. The van der Waals surface area contributed by atoms with E-state index in [1.54, 1.807) is 29.2 Å². The van der Waals surface area contributed by atoms with E-state index in [2.05, 4.69) is 49.3 Å². The Bertz CT molecular complexity index is 1560. The summed E-state index contributed by atoms with van der Waals surface area (Å²) >= 11 is 0. The zero-order valence-electron chi connectivity index (χ0n) is 22.7. The Labute approximate surface area is 243 Å². The fourth-order valence-corrected chi connectivity index (χ4v) is 3.90. The number of fused-ring (bicyclic) bond motifs is 1. The average Bonchev–Trinajstić information content (AvgIpc) is 3.40. The number of piperazine rings is 1. The summed E-state index contributed by atoms with van der Waals surface area (Å²) in [6.07, 6.45) is -5.02. The summed E-state index contributed by atoms with van der Waals surface area (Å²) in [6, 6.07) is 9.88. The van der Waals surface area contributed by atoms with Gasteiger partial charge in [0, 0.05) is 48.7 Å². The minimum atomic E-state index is -5.08. The van der Waals surface area contributed by atoms with E-state index >= 15 is 0 Å². The minimum Gasteiger partial charge on any atom is -0.507 e. The summed E-state index contributed by atoms with van der Waals surface area (Å²) in [4.78, 5) is 28.6. The molecule has 0 spiro atoms. The molecular weight excluding hydrogens is 606 g/mol. The van der Waals surface area contributed by atoms with Crippen LogP contribution in [0.1, 0.15) is 13.8 Å². The number of carboxylic acids is 2. The minimum absolute atomic E-state index is 0.105. The molecule has 44 heavy (non-hydrogen) atoms. The number of aromatic hydroxyl groups is 1. The van der Waals surface area contributed by atoms with E-state index in [0.717, 1.165) is 30.0 Å². The molecule has 4 aromatic rings. The number of phenolic OH excluding ortho intramolecular Hbond substituents is 1. The molecule has 1 aliphatic rings. The Morgan fingerprint density at radius 3 is 1.98 bits per heavy atom. The number of imidazole rings is 1. The predicted octanol–water partition coefficient (Wildman–Crippen LogP) is 3.41. The fraction of sp³-hybridized carbons (Fsp3) is 0.320. The molecule has 0 aliphatic carbocycles. The van der Waals surface area contributed by atoms with Crippen LogP contribution in [0.3, 0.4) is 0 Å². The van der Waals surface area contributed by atoms with E-state index < -0.39 is 24.3 Å². The first-order valence-electron chi connectivity index (χ1n) is 12.4. The third kappa shape index (κ3) is 8.96. The van der Waals surface area contributed by atoms with E-state index in [1.807, 2.05) is 24.3 Å². The average molecular weight is 631 g/mol. The monoisotopic (exact) mass is 630 g/mol. The second-order valence-electron chi connectivity index (χ2n) is 9.30.